The van der Waals surface area contributed by atoms with Gasteiger partial charge in [-0.2, -0.15) is 0 Å². The van der Waals surface area contributed by atoms with Crippen molar-refractivity contribution < 1.29 is 34.2 Å². The average molecular weight is 489 g/mol. The number of carbonyl (C=O) groups is 5. The number of nitrogens with one attached hydrogen (secondary N) is 3. The number of aliphatic carboxylic acids is 1. The summed E-state index contributed by atoms with van der Waals surface area (Å²) < 4.78 is 0. The molecular formula is C21H40N6O7. The SMILES string of the molecule is CCC(C)C(NC(=O)C(NC(=O)C(CCC(N)=O)NC(=O)C(N)CCCCN)C(C)O)C(=O)O. The van der Waals surface area contributed by atoms with Crippen LogP contribution in [0, 0.1) is 5.92 Å². The summed E-state index contributed by atoms with van der Waals surface area (Å²) in [6, 6.07) is -4.92. The highest BCUT2D eigenvalue weighted by Gasteiger charge is 2.34. The van der Waals surface area contributed by atoms with E-state index in [-0.39, 0.29) is 12.8 Å². The Balaban J connectivity index is 5.45. The average Bonchev–Trinajstić information content (AvgIpc) is 2.76. The van der Waals surface area contributed by atoms with Crippen molar-refractivity contribution in [3.8, 4) is 0 Å². The zero-order valence-corrected chi connectivity index (χ0v) is 20.1. The molecule has 0 aliphatic carbocycles. The van der Waals surface area contributed by atoms with E-state index in [1.165, 1.54) is 6.92 Å². The predicted octanol–water partition coefficient (Wildman–Crippen LogP) is -2.33. The third-order valence-corrected chi connectivity index (χ3v) is 5.46. The number of primary amides is 1. The van der Waals surface area contributed by atoms with Crippen molar-refractivity contribution in [3.05, 3.63) is 0 Å². The molecule has 0 aliphatic heterocycles. The molecule has 196 valence electrons. The molecule has 0 aromatic rings. The molecule has 0 aromatic heterocycles. The van der Waals surface area contributed by atoms with E-state index in [0.717, 1.165) is 0 Å². The number of rotatable bonds is 17. The number of carboxylic acids is 1. The third-order valence-electron chi connectivity index (χ3n) is 5.46. The highest BCUT2D eigenvalue weighted by atomic mass is 16.4. The molecule has 13 nitrogen and oxygen atoms in total. The van der Waals surface area contributed by atoms with Crippen molar-refractivity contribution in [2.24, 2.45) is 23.1 Å². The van der Waals surface area contributed by atoms with Crippen LogP contribution in [0.25, 0.3) is 0 Å². The van der Waals surface area contributed by atoms with Gasteiger partial charge >= 0.3 is 5.97 Å². The maximum atomic E-state index is 12.9. The summed E-state index contributed by atoms with van der Waals surface area (Å²) in [4.78, 5) is 60.7. The number of carbonyl (C=O) groups excluding carboxylic acids is 4. The summed E-state index contributed by atoms with van der Waals surface area (Å²) in [5, 5.41) is 26.5. The largest absolute Gasteiger partial charge is 0.480 e. The van der Waals surface area contributed by atoms with Crippen LogP contribution in [0.5, 0.6) is 0 Å². The molecule has 0 bridgehead atoms. The molecule has 0 aliphatic rings. The molecule has 0 spiro atoms. The van der Waals surface area contributed by atoms with E-state index in [9.17, 15) is 34.2 Å². The van der Waals surface area contributed by atoms with Crippen LogP contribution < -0.4 is 33.2 Å². The minimum atomic E-state index is -1.51. The van der Waals surface area contributed by atoms with E-state index < -0.39 is 65.8 Å². The molecule has 0 saturated heterocycles. The Kier molecular flexibility index (Phi) is 14.7. The Bertz CT molecular complexity index is 703. The van der Waals surface area contributed by atoms with Gasteiger partial charge in [-0.05, 0) is 38.6 Å². The van der Waals surface area contributed by atoms with Crippen LogP contribution >= 0.6 is 0 Å². The molecule has 6 unspecified atom stereocenters. The lowest BCUT2D eigenvalue weighted by Crippen LogP contribution is -2.60. The molecule has 0 saturated carbocycles. The van der Waals surface area contributed by atoms with Gasteiger partial charge in [0.1, 0.15) is 18.1 Å². The molecule has 0 radical (unpaired) electrons. The van der Waals surface area contributed by atoms with Crippen LogP contribution in [0.4, 0.5) is 0 Å². The Labute approximate surface area is 199 Å². The van der Waals surface area contributed by atoms with Gasteiger partial charge < -0.3 is 43.4 Å². The van der Waals surface area contributed by atoms with Crippen LogP contribution in [-0.2, 0) is 24.0 Å². The van der Waals surface area contributed by atoms with E-state index in [0.29, 0.717) is 32.2 Å². The van der Waals surface area contributed by atoms with Gasteiger partial charge in [0.25, 0.3) is 0 Å². The van der Waals surface area contributed by atoms with E-state index in [1.807, 2.05) is 0 Å². The second kappa shape index (κ2) is 16.0. The van der Waals surface area contributed by atoms with E-state index >= 15 is 0 Å². The lowest BCUT2D eigenvalue weighted by molar-refractivity contribution is -0.144. The minimum Gasteiger partial charge on any atom is -0.480 e. The summed E-state index contributed by atoms with van der Waals surface area (Å²) in [6.07, 6.45) is 0.290. The summed E-state index contributed by atoms with van der Waals surface area (Å²) >= 11 is 0. The number of unbranched alkanes of at least 4 members (excludes halogenated alkanes) is 1. The first-order chi connectivity index (χ1) is 15.8. The molecular weight excluding hydrogens is 448 g/mol. The Hall–Kier alpha value is -2.77. The van der Waals surface area contributed by atoms with Crippen molar-refractivity contribution in [1.29, 1.82) is 0 Å². The lowest BCUT2D eigenvalue weighted by Gasteiger charge is -2.27. The monoisotopic (exact) mass is 488 g/mol. The Morgan fingerprint density at radius 2 is 1.47 bits per heavy atom. The van der Waals surface area contributed by atoms with Gasteiger partial charge in [0, 0.05) is 6.42 Å². The van der Waals surface area contributed by atoms with Gasteiger partial charge in [-0.1, -0.05) is 26.7 Å². The van der Waals surface area contributed by atoms with Crippen LogP contribution in [0.15, 0.2) is 0 Å². The minimum absolute atomic E-state index is 0.165. The summed E-state index contributed by atoms with van der Waals surface area (Å²) in [5.74, 6) is -4.78. The smallest absolute Gasteiger partial charge is 0.326 e. The fraction of sp³-hybridized carbons (Fsp3) is 0.762. The van der Waals surface area contributed by atoms with E-state index in [1.54, 1.807) is 13.8 Å². The molecule has 0 fully saturated rings. The van der Waals surface area contributed by atoms with Gasteiger partial charge in [-0.15, -0.1) is 0 Å². The second-order valence-electron chi connectivity index (χ2n) is 8.39. The molecule has 11 N–H and O–H groups in total. The van der Waals surface area contributed by atoms with Crippen LogP contribution in [0.3, 0.4) is 0 Å². The first kappa shape index (κ1) is 31.2. The van der Waals surface area contributed by atoms with Gasteiger partial charge in [-0.25, -0.2) is 4.79 Å². The van der Waals surface area contributed by atoms with Crippen molar-refractivity contribution in [1.82, 2.24) is 16.0 Å². The van der Waals surface area contributed by atoms with Gasteiger partial charge in [0.2, 0.25) is 23.6 Å². The molecule has 34 heavy (non-hydrogen) atoms. The molecule has 6 atom stereocenters. The van der Waals surface area contributed by atoms with Crippen molar-refractivity contribution >= 4 is 29.6 Å². The number of carboxylic acid groups (broad SMARTS) is 1. The molecule has 0 rings (SSSR count). The summed E-state index contributed by atoms with van der Waals surface area (Å²) in [6.45, 7) is 5.09. The standard InChI is InChI=1S/C21H40N6O7/c1-4-11(2)16(21(33)34)26-20(32)17(12(3)28)27-19(31)14(8-9-15(24)29)25-18(30)13(23)7-5-6-10-22/h11-14,16-17,28H,4-10,22-23H2,1-3H3,(H2,24,29)(H,25,30)(H,26,32)(H,27,31)(H,33,34). The zero-order valence-electron chi connectivity index (χ0n) is 20.1. The maximum absolute atomic E-state index is 12.9. The van der Waals surface area contributed by atoms with Crippen LogP contribution in [0.1, 0.15) is 59.3 Å². The third kappa shape index (κ3) is 11.4. The van der Waals surface area contributed by atoms with Crippen LogP contribution in [0.2, 0.25) is 0 Å². The quantitative estimate of drug-likeness (QED) is 0.102. The number of aliphatic hydroxyl groups excluding tert-OH is 1. The van der Waals surface area contributed by atoms with E-state index in [2.05, 4.69) is 16.0 Å². The molecule has 0 heterocycles. The number of amides is 4. The molecule has 13 heteroatoms. The van der Waals surface area contributed by atoms with Gasteiger partial charge in [0.05, 0.1) is 12.1 Å². The number of nitrogens with two attached hydrogens (primary N) is 3. The Morgan fingerprint density at radius 3 is 1.94 bits per heavy atom. The van der Waals surface area contributed by atoms with Crippen molar-refractivity contribution in [2.45, 2.75) is 89.6 Å². The number of aliphatic hydroxyl groups is 1. The summed E-state index contributed by atoms with van der Waals surface area (Å²) in [5.41, 5.74) is 16.4. The highest BCUT2D eigenvalue weighted by Crippen LogP contribution is 2.09. The fourth-order valence-electron chi connectivity index (χ4n) is 3.06. The number of hydrogen-bond donors (Lipinski definition) is 8. The Morgan fingerprint density at radius 1 is 0.882 bits per heavy atom. The van der Waals surface area contributed by atoms with E-state index in [4.69, 9.17) is 17.2 Å². The highest BCUT2D eigenvalue weighted by molar-refractivity contribution is 5.94. The number of hydrogen-bond acceptors (Lipinski definition) is 8. The van der Waals surface area contributed by atoms with Crippen molar-refractivity contribution in [2.75, 3.05) is 6.54 Å². The second-order valence-corrected chi connectivity index (χ2v) is 8.39. The zero-order chi connectivity index (χ0) is 26.4. The van der Waals surface area contributed by atoms with Crippen molar-refractivity contribution in [3.63, 3.8) is 0 Å². The topological polar surface area (TPSA) is 240 Å². The fourth-order valence-corrected chi connectivity index (χ4v) is 3.06. The maximum Gasteiger partial charge on any atom is 0.326 e. The predicted molar refractivity (Wildman–Crippen MR) is 124 cm³/mol. The lowest BCUT2D eigenvalue weighted by atomic mass is 9.98. The molecule has 4 amide bonds. The normalized spacial score (nSPS) is 16.3. The summed E-state index contributed by atoms with van der Waals surface area (Å²) in [7, 11) is 0. The first-order valence-corrected chi connectivity index (χ1v) is 11.4. The molecule has 0 aromatic carbocycles. The van der Waals surface area contributed by atoms with Gasteiger partial charge in [0.15, 0.2) is 0 Å². The van der Waals surface area contributed by atoms with Crippen LogP contribution in [-0.4, -0.2) is 76.6 Å². The first-order valence-electron chi connectivity index (χ1n) is 11.4. The van der Waals surface area contributed by atoms with Gasteiger partial charge in [-0.3, -0.25) is 19.2 Å².